The number of anilines is 1. The fraction of sp³-hybridized carbons (Fsp3) is 0.333. The van der Waals surface area contributed by atoms with Gasteiger partial charge >= 0.3 is 0 Å². The lowest BCUT2D eigenvalue weighted by atomic mass is 9.87. The molecule has 0 spiro atoms. The second-order valence-electron chi connectivity index (χ2n) is 7.11. The van der Waals surface area contributed by atoms with Gasteiger partial charge in [-0.05, 0) is 66.0 Å². The Morgan fingerprint density at radius 3 is 2.19 bits per heavy atom. The summed E-state index contributed by atoms with van der Waals surface area (Å²) in [6.45, 7) is 9.17. The second-order valence-corrected chi connectivity index (χ2v) is 7.52. The molecule has 4 nitrogen and oxygen atoms in total. The molecule has 0 aliphatic carbocycles. The number of hydrogen-bond acceptors (Lipinski definition) is 3. The molecule has 2 aromatic rings. The minimum absolute atomic E-state index is 0.0544. The molecule has 0 aliphatic rings. The number of rotatable bonds is 5. The van der Waals surface area contributed by atoms with E-state index < -0.39 is 0 Å². The summed E-state index contributed by atoms with van der Waals surface area (Å²) in [6, 6.07) is 15.0. The Hall–Kier alpha value is -2.40. The molecule has 0 bridgehead atoms. The molecular formula is C21H26N2O2S. The fourth-order valence-electron chi connectivity index (χ4n) is 2.31. The zero-order valence-electron chi connectivity index (χ0n) is 15.8. The van der Waals surface area contributed by atoms with Crippen molar-refractivity contribution in [1.82, 2.24) is 5.32 Å². The van der Waals surface area contributed by atoms with Gasteiger partial charge in [-0.1, -0.05) is 39.8 Å². The van der Waals surface area contributed by atoms with E-state index in [1.54, 1.807) is 0 Å². The molecule has 138 valence electrons. The van der Waals surface area contributed by atoms with Crippen LogP contribution in [0.2, 0.25) is 0 Å². The third-order valence-electron chi connectivity index (χ3n) is 3.83. The van der Waals surface area contributed by atoms with E-state index in [9.17, 15) is 4.79 Å². The quantitative estimate of drug-likeness (QED) is 0.735. The predicted molar refractivity (Wildman–Crippen MR) is 111 cm³/mol. The lowest BCUT2D eigenvalue weighted by molar-refractivity contribution is 0.0977. The maximum absolute atomic E-state index is 12.3. The Balaban J connectivity index is 1.91. The first-order valence-electron chi connectivity index (χ1n) is 8.75. The largest absolute Gasteiger partial charge is 0.494 e. The van der Waals surface area contributed by atoms with E-state index in [4.69, 9.17) is 17.0 Å². The van der Waals surface area contributed by atoms with E-state index in [1.165, 1.54) is 5.56 Å². The number of carbonyl (C=O) groups excluding carboxylic acids is 1. The van der Waals surface area contributed by atoms with Crippen molar-refractivity contribution >= 4 is 28.9 Å². The van der Waals surface area contributed by atoms with Crippen LogP contribution in [0.15, 0.2) is 48.5 Å². The molecule has 2 N–H and O–H groups in total. The van der Waals surface area contributed by atoms with Crippen molar-refractivity contribution in [2.75, 3.05) is 11.9 Å². The third-order valence-corrected chi connectivity index (χ3v) is 4.03. The number of thiocarbonyl (C=S) groups is 1. The predicted octanol–water partition coefficient (Wildman–Crippen LogP) is 4.90. The molecule has 2 aromatic carbocycles. The Morgan fingerprint density at radius 2 is 1.65 bits per heavy atom. The number of ether oxygens (including phenoxy) is 1. The van der Waals surface area contributed by atoms with Gasteiger partial charge in [-0.3, -0.25) is 10.1 Å². The molecule has 5 heteroatoms. The molecule has 0 fully saturated rings. The van der Waals surface area contributed by atoms with Crippen molar-refractivity contribution in [1.29, 1.82) is 0 Å². The first-order chi connectivity index (χ1) is 12.3. The number of carbonyl (C=O) groups is 1. The molecule has 0 unspecified atom stereocenters. The van der Waals surface area contributed by atoms with Crippen molar-refractivity contribution < 1.29 is 9.53 Å². The van der Waals surface area contributed by atoms with Crippen LogP contribution in [-0.2, 0) is 5.41 Å². The highest BCUT2D eigenvalue weighted by Crippen LogP contribution is 2.22. The average molecular weight is 371 g/mol. The SMILES string of the molecule is CCCOc1ccc(NC(=S)NC(=O)c2ccc(C(C)(C)C)cc2)cc1. The first-order valence-corrected chi connectivity index (χ1v) is 9.16. The molecular weight excluding hydrogens is 344 g/mol. The minimum Gasteiger partial charge on any atom is -0.494 e. The highest BCUT2D eigenvalue weighted by atomic mass is 32.1. The summed E-state index contributed by atoms with van der Waals surface area (Å²) >= 11 is 5.23. The molecule has 2 rings (SSSR count). The molecule has 0 heterocycles. The van der Waals surface area contributed by atoms with Crippen LogP contribution >= 0.6 is 12.2 Å². The Bertz CT molecular complexity index is 747. The maximum Gasteiger partial charge on any atom is 0.257 e. The second kappa shape index (κ2) is 8.81. The van der Waals surface area contributed by atoms with Gasteiger partial charge in [-0.2, -0.15) is 0 Å². The smallest absolute Gasteiger partial charge is 0.257 e. The molecule has 0 saturated carbocycles. The summed E-state index contributed by atoms with van der Waals surface area (Å²) in [4.78, 5) is 12.3. The minimum atomic E-state index is -0.231. The number of amides is 1. The normalized spacial score (nSPS) is 10.9. The van der Waals surface area contributed by atoms with Gasteiger partial charge < -0.3 is 10.1 Å². The van der Waals surface area contributed by atoms with Crippen LogP contribution in [0.25, 0.3) is 0 Å². The van der Waals surface area contributed by atoms with Crippen LogP contribution in [0, 0.1) is 0 Å². The van der Waals surface area contributed by atoms with Gasteiger partial charge in [0.2, 0.25) is 0 Å². The number of nitrogens with one attached hydrogen (secondary N) is 2. The summed E-state index contributed by atoms with van der Waals surface area (Å²) in [5.74, 6) is 0.581. The topological polar surface area (TPSA) is 50.4 Å². The summed E-state index contributed by atoms with van der Waals surface area (Å²) in [6.07, 6.45) is 0.965. The van der Waals surface area contributed by atoms with Crippen molar-refractivity contribution in [2.45, 2.75) is 39.5 Å². The van der Waals surface area contributed by atoms with Gasteiger partial charge in [0.15, 0.2) is 5.11 Å². The zero-order valence-corrected chi connectivity index (χ0v) is 16.6. The standard InChI is InChI=1S/C21H26N2O2S/c1-5-14-25-18-12-10-17(11-13-18)22-20(26)23-19(24)15-6-8-16(9-7-15)21(2,3)4/h6-13H,5,14H2,1-4H3,(H2,22,23,24,26). The van der Waals surface area contributed by atoms with E-state index >= 15 is 0 Å². The van der Waals surface area contributed by atoms with Gasteiger partial charge in [0, 0.05) is 11.3 Å². The van der Waals surface area contributed by atoms with E-state index in [-0.39, 0.29) is 16.4 Å². The van der Waals surface area contributed by atoms with Crippen LogP contribution in [-0.4, -0.2) is 17.6 Å². The summed E-state index contributed by atoms with van der Waals surface area (Å²) < 4.78 is 5.54. The van der Waals surface area contributed by atoms with Gasteiger partial charge in [-0.25, -0.2) is 0 Å². The van der Waals surface area contributed by atoms with Crippen LogP contribution in [0.3, 0.4) is 0 Å². The van der Waals surface area contributed by atoms with Crippen LogP contribution in [0.1, 0.15) is 50.0 Å². The zero-order chi connectivity index (χ0) is 19.2. The Labute approximate surface area is 161 Å². The number of hydrogen-bond donors (Lipinski definition) is 2. The first kappa shape index (κ1) is 19.9. The van der Waals surface area contributed by atoms with E-state index in [1.807, 2.05) is 48.5 Å². The van der Waals surface area contributed by atoms with Crippen LogP contribution in [0.4, 0.5) is 5.69 Å². The molecule has 1 amide bonds. The maximum atomic E-state index is 12.3. The van der Waals surface area contributed by atoms with Crippen molar-refractivity contribution in [3.05, 3.63) is 59.7 Å². The monoisotopic (exact) mass is 370 g/mol. The van der Waals surface area contributed by atoms with Crippen molar-refractivity contribution in [3.8, 4) is 5.75 Å². The Kier molecular flexibility index (Phi) is 6.75. The highest BCUT2D eigenvalue weighted by Gasteiger charge is 2.14. The molecule has 0 atom stereocenters. The van der Waals surface area contributed by atoms with E-state index in [0.29, 0.717) is 12.2 Å². The van der Waals surface area contributed by atoms with Crippen LogP contribution < -0.4 is 15.4 Å². The van der Waals surface area contributed by atoms with Gasteiger partial charge in [0.25, 0.3) is 5.91 Å². The van der Waals surface area contributed by atoms with Crippen LogP contribution in [0.5, 0.6) is 5.75 Å². The highest BCUT2D eigenvalue weighted by molar-refractivity contribution is 7.80. The lowest BCUT2D eigenvalue weighted by Crippen LogP contribution is -2.34. The molecule has 0 saturated heterocycles. The molecule has 26 heavy (non-hydrogen) atoms. The molecule has 0 aliphatic heterocycles. The fourth-order valence-corrected chi connectivity index (χ4v) is 2.52. The average Bonchev–Trinajstić information content (AvgIpc) is 2.60. The third kappa shape index (κ3) is 5.85. The lowest BCUT2D eigenvalue weighted by Gasteiger charge is -2.19. The van der Waals surface area contributed by atoms with E-state index in [2.05, 4.69) is 38.3 Å². The van der Waals surface area contributed by atoms with Crippen molar-refractivity contribution in [3.63, 3.8) is 0 Å². The molecule has 0 aromatic heterocycles. The van der Waals surface area contributed by atoms with Gasteiger partial charge in [-0.15, -0.1) is 0 Å². The summed E-state index contributed by atoms with van der Waals surface area (Å²) in [7, 11) is 0. The summed E-state index contributed by atoms with van der Waals surface area (Å²) in [5.41, 5.74) is 2.60. The van der Waals surface area contributed by atoms with Gasteiger partial charge in [0.1, 0.15) is 5.75 Å². The Morgan fingerprint density at radius 1 is 1.04 bits per heavy atom. The van der Waals surface area contributed by atoms with Gasteiger partial charge in [0.05, 0.1) is 6.61 Å². The van der Waals surface area contributed by atoms with E-state index in [0.717, 1.165) is 17.9 Å². The molecule has 0 radical (unpaired) electrons. The number of benzene rings is 2. The summed E-state index contributed by atoms with van der Waals surface area (Å²) in [5, 5.41) is 5.97. The van der Waals surface area contributed by atoms with Crippen molar-refractivity contribution in [2.24, 2.45) is 0 Å².